The quantitative estimate of drug-likeness (QED) is 0.110. The number of alkyl halides is 6. The van der Waals surface area contributed by atoms with Crippen molar-refractivity contribution in [1.82, 2.24) is 0 Å². The number of allylic oxidation sites excluding steroid dienone is 2. The van der Waals surface area contributed by atoms with Gasteiger partial charge in [0, 0.05) is 0 Å². The molecule has 0 amide bonds. The molecule has 6 rings (SSSR count). The van der Waals surface area contributed by atoms with Crippen LogP contribution in [0, 0.1) is 0 Å². The summed E-state index contributed by atoms with van der Waals surface area (Å²) in [6.45, 7) is 0. The Kier molecular flexibility index (Phi) is 12.1. The number of halogens is 6. The van der Waals surface area contributed by atoms with Crippen molar-refractivity contribution in [3.05, 3.63) is 204 Å². The molecule has 0 fully saturated rings. The summed E-state index contributed by atoms with van der Waals surface area (Å²) in [7, 11) is 0. The van der Waals surface area contributed by atoms with Crippen LogP contribution in [-0.4, -0.2) is 38.9 Å². The third-order valence-electron chi connectivity index (χ3n) is 8.42. The molecule has 0 radical (unpaired) electrons. The SMILES string of the molecule is FC(F)(F)/C=[CH]\[Ge]([c]1ccccc1)([c]1ccccc1)[c]1ccccc1.FC(F)(F)/C=[CH]\[Ge]([c]1ccccc1)([c]1ccccc1)[c]1ccccc1. The molecule has 0 saturated heterocycles. The molecule has 0 aliphatic rings. The van der Waals surface area contributed by atoms with Crippen molar-refractivity contribution >= 4 is 52.9 Å². The van der Waals surface area contributed by atoms with Crippen LogP contribution in [0.3, 0.4) is 0 Å². The first kappa shape index (κ1) is 36.7. The van der Waals surface area contributed by atoms with Crippen LogP contribution in [0.1, 0.15) is 0 Å². The van der Waals surface area contributed by atoms with Crippen molar-refractivity contribution in [2.75, 3.05) is 0 Å². The summed E-state index contributed by atoms with van der Waals surface area (Å²) in [5, 5.41) is 0. The zero-order chi connectivity index (χ0) is 35.5. The Morgan fingerprint density at radius 1 is 0.280 bits per heavy atom. The Morgan fingerprint density at radius 3 is 0.580 bits per heavy atom. The van der Waals surface area contributed by atoms with Gasteiger partial charge < -0.3 is 0 Å². The third-order valence-corrected chi connectivity index (χ3v) is 26.9. The van der Waals surface area contributed by atoms with Crippen molar-refractivity contribution in [1.29, 1.82) is 0 Å². The fourth-order valence-electron chi connectivity index (χ4n) is 6.22. The molecule has 50 heavy (non-hydrogen) atoms. The Labute approximate surface area is 294 Å². The number of hydrogen-bond acceptors (Lipinski definition) is 0. The van der Waals surface area contributed by atoms with Crippen LogP contribution in [0.4, 0.5) is 26.3 Å². The van der Waals surface area contributed by atoms with E-state index in [1.165, 1.54) is 9.82 Å². The Balaban J connectivity index is 0.000000194. The van der Waals surface area contributed by atoms with Gasteiger partial charge in [-0.1, -0.05) is 0 Å². The minimum atomic E-state index is -4.34. The summed E-state index contributed by atoms with van der Waals surface area (Å²) in [6, 6.07) is 57.4. The zero-order valence-corrected chi connectivity index (χ0v) is 31.1. The fraction of sp³-hybridized carbons (Fsp3) is 0.0476. The van der Waals surface area contributed by atoms with Crippen LogP contribution in [0.15, 0.2) is 204 Å². The molecular formula is C42H34F6Ge2. The molecule has 6 aromatic carbocycles. The van der Waals surface area contributed by atoms with Gasteiger partial charge >= 0.3 is 296 Å². The van der Waals surface area contributed by atoms with E-state index in [2.05, 4.69) is 0 Å². The number of benzene rings is 6. The molecule has 0 unspecified atom stereocenters. The van der Waals surface area contributed by atoms with Crippen molar-refractivity contribution in [2.24, 2.45) is 0 Å². The van der Waals surface area contributed by atoms with Crippen molar-refractivity contribution in [3.63, 3.8) is 0 Å². The average molecular weight is 798 g/mol. The van der Waals surface area contributed by atoms with E-state index in [-0.39, 0.29) is 0 Å². The van der Waals surface area contributed by atoms with Crippen LogP contribution in [0.5, 0.6) is 0 Å². The number of rotatable bonds is 8. The van der Waals surface area contributed by atoms with Crippen LogP contribution in [0.2, 0.25) is 0 Å². The standard InChI is InChI=1S/2C21H17F3Ge/c2*22-21(23,24)16-17-25(18-10-4-1-5-11-18,19-12-6-2-7-13-19)20-14-8-3-9-15-20/h2*1-17H/b2*17-16-. The fourth-order valence-corrected chi connectivity index (χ4v) is 23.7. The van der Waals surface area contributed by atoms with Crippen LogP contribution < -0.4 is 26.4 Å². The molecule has 0 heterocycles. The van der Waals surface area contributed by atoms with E-state index in [9.17, 15) is 26.3 Å². The van der Waals surface area contributed by atoms with Gasteiger partial charge in [0.15, 0.2) is 0 Å². The van der Waals surface area contributed by atoms with Gasteiger partial charge in [0.25, 0.3) is 0 Å². The van der Waals surface area contributed by atoms with Gasteiger partial charge in [0.2, 0.25) is 0 Å². The summed E-state index contributed by atoms with van der Waals surface area (Å²) in [6.07, 6.45) is -7.84. The normalized spacial score (nSPS) is 12.4. The van der Waals surface area contributed by atoms with Gasteiger partial charge in [-0.25, -0.2) is 0 Å². The summed E-state index contributed by atoms with van der Waals surface area (Å²) in [5.74, 6) is 0. The molecule has 0 bridgehead atoms. The Morgan fingerprint density at radius 2 is 0.440 bits per heavy atom. The average Bonchev–Trinajstić information content (AvgIpc) is 3.14. The third kappa shape index (κ3) is 8.97. The van der Waals surface area contributed by atoms with E-state index < -0.39 is 38.9 Å². The second kappa shape index (κ2) is 16.4. The molecule has 8 heteroatoms. The van der Waals surface area contributed by atoms with Crippen LogP contribution in [0.25, 0.3) is 0 Å². The van der Waals surface area contributed by atoms with Crippen LogP contribution >= 0.6 is 0 Å². The minimum absolute atomic E-state index is 0.417. The summed E-state index contributed by atoms with van der Waals surface area (Å²) >= 11 is -7.21. The molecule has 0 saturated carbocycles. The van der Waals surface area contributed by atoms with E-state index in [0.717, 1.165) is 26.4 Å². The molecule has 252 valence electrons. The van der Waals surface area contributed by atoms with E-state index in [1.54, 1.807) is 0 Å². The van der Waals surface area contributed by atoms with Gasteiger partial charge in [-0.15, -0.1) is 0 Å². The second-order valence-corrected chi connectivity index (χ2v) is 27.0. The van der Waals surface area contributed by atoms with Crippen LogP contribution in [-0.2, 0) is 0 Å². The van der Waals surface area contributed by atoms with E-state index in [0.29, 0.717) is 12.2 Å². The van der Waals surface area contributed by atoms with E-state index in [1.807, 2.05) is 182 Å². The first-order chi connectivity index (χ1) is 24.0. The zero-order valence-electron chi connectivity index (χ0n) is 26.9. The topological polar surface area (TPSA) is 0 Å². The molecule has 0 atom stereocenters. The number of hydrogen-bond donors (Lipinski definition) is 0. The summed E-state index contributed by atoms with van der Waals surface area (Å²) < 4.78 is 84.3. The molecule has 0 aliphatic carbocycles. The summed E-state index contributed by atoms with van der Waals surface area (Å²) in [4.78, 5) is 2.89. The second-order valence-electron chi connectivity index (χ2n) is 11.6. The first-order valence-electron chi connectivity index (χ1n) is 15.9. The van der Waals surface area contributed by atoms with Gasteiger partial charge in [0.05, 0.1) is 0 Å². The van der Waals surface area contributed by atoms with Gasteiger partial charge in [-0.2, -0.15) is 0 Å². The first-order valence-corrected chi connectivity index (χ1v) is 24.6. The van der Waals surface area contributed by atoms with Gasteiger partial charge in [0.1, 0.15) is 0 Å². The molecule has 0 aromatic heterocycles. The van der Waals surface area contributed by atoms with Crippen molar-refractivity contribution < 1.29 is 26.3 Å². The maximum absolute atomic E-state index is 13.1. The molecule has 0 spiro atoms. The van der Waals surface area contributed by atoms with E-state index in [4.69, 9.17) is 0 Å². The molecular weight excluding hydrogens is 764 g/mol. The van der Waals surface area contributed by atoms with Gasteiger partial charge in [-0.3, -0.25) is 0 Å². The maximum atomic E-state index is 13.1. The molecule has 0 aliphatic heterocycles. The molecule has 0 N–H and O–H groups in total. The Bertz CT molecular complexity index is 1600. The Hall–Kier alpha value is -4.53. The monoisotopic (exact) mass is 800 g/mol. The van der Waals surface area contributed by atoms with Crippen molar-refractivity contribution in [2.45, 2.75) is 12.4 Å². The predicted octanol–water partition coefficient (Wildman–Crippen LogP) is 7.63. The van der Waals surface area contributed by atoms with Gasteiger partial charge in [-0.05, 0) is 0 Å². The van der Waals surface area contributed by atoms with Crippen molar-refractivity contribution in [3.8, 4) is 0 Å². The molecule has 0 nitrogen and oxygen atoms in total. The molecule has 6 aromatic rings. The predicted molar refractivity (Wildman–Crippen MR) is 198 cm³/mol. The summed E-state index contributed by atoms with van der Waals surface area (Å²) in [5.41, 5.74) is 0. The van der Waals surface area contributed by atoms with E-state index >= 15 is 0 Å².